The number of nitrogens with zero attached hydrogens (tertiary/aromatic N) is 1. The maximum atomic E-state index is 12.5. The van der Waals surface area contributed by atoms with Crippen molar-refractivity contribution in [1.29, 1.82) is 0 Å². The van der Waals surface area contributed by atoms with Crippen LogP contribution in [0.3, 0.4) is 0 Å². The van der Waals surface area contributed by atoms with Gasteiger partial charge < -0.3 is 10.2 Å². The number of rotatable bonds is 1. The van der Waals surface area contributed by atoms with Crippen LogP contribution in [0.15, 0.2) is 24.3 Å². The molecule has 3 rings (SSSR count). The van der Waals surface area contributed by atoms with Gasteiger partial charge in [0.15, 0.2) is 0 Å². The highest BCUT2D eigenvalue weighted by molar-refractivity contribution is 5.99. The van der Waals surface area contributed by atoms with Crippen LogP contribution in [0.1, 0.15) is 25.3 Å². The van der Waals surface area contributed by atoms with Gasteiger partial charge in [-0.3, -0.25) is 4.79 Å². The van der Waals surface area contributed by atoms with Crippen LogP contribution in [0.25, 0.3) is 0 Å². The number of carbonyl (C=O) groups is 1. The summed E-state index contributed by atoms with van der Waals surface area (Å²) in [5, 5.41) is 3.29. The number of anilines is 1. The number of para-hydroxylation sites is 1. The summed E-state index contributed by atoms with van der Waals surface area (Å²) in [6.45, 7) is 3.10. The van der Waals surface area contributed by atoms with Crippen molar-refractivity contribution in [3.8, 4) is 0 Å². The summed E-state index contributed by atoms with van der Waals surface area (Å²) < 4.78 is 0. The van der Waals surface area contributed by atoms with E-state index in [1.165, 1.54) is 5.56 Å². The maximum absolute atomic E-state index is 12.5. The zero-order chi connectivity index (χ0) is 11.8. The second kappa shape index (κ2) is 4.15. The van der Waals surface area contributed by atoms with Gasteiger partial charge in [-0.25, -0.2) is 0 Å². The fourth-order valence-electron chi connectivity index (χ4n) is 2.96. The molecule has 0 saturated carbocycles. The molecule has 0 aromatic heterocycles. The van der Waals surface area contributed by atoms with Gasteiger partial charge in [0.1, 0.15) is 0 Å². The summed E-state index contributed by atoms with van der Waals surface area (Å²) in [6.07, 6.45) is 3.07. The van der Waals surface area contributed by atoms with Crippen LogP contribution >= 0.6 is 0 Å². The number of hydrogen-bond acceptors (Lipinski definition) is 2. The molecule has 1 amide bonds. The molecule has 3 nitrogen and oxygen atoms in total. The molecule has 0 bridgehead atoms. The van der Waals surface area contributed by atoms with Crippen LogP contribution in [0.4, 0.5) is 5.69 Å². The summed E-state index contributed by atoms with van der Waals surface area (Å²) in [4.78, 5) is 14.5. The van der Waals surface area contributed by atoms with E-state index in [1.54, 1.807) is 0 Å². The SMILES string of the molecule is C[C@@H]1Cc2ccccc2N1C(=O)[C@@H]1CCCN1. The second-order valence-corrected chi connectivity index (χ2v) is 5.04. The van der Waals surface area contributed by atoms with E-state index in [0.717, 1.165) is 31.5 Å². The first-order valence-electron chi connectivity index (χ1n) is 6.42. The molecular formula is C14H18N2O. The lowest BCUT2D eigenvalue weighted by Gasteiger charge is -2.25. The normalized spacial score (nSPS) is 27.2. The van der Waals surface area contributed by atoms with Crippen molar-refractivity contribution < 1.29 is 4.79 Å². The summed E-state index contributed by atoms with van der Waals surface area (Å²) in [7, 11) is 0. The molecule has 2 aliphatic rings. The third kappa shape index (κ3) is 1.75. The molecule has 90 valence electrons. The molecule has 1 saturated heterocycles. The first-order chi connectivity index (χ1) is 8.27. The Balaban J connectivity index is 1.89. The van der Waals surface area contributed by atoms with E-state index in [9.17, 15) is 4.79 Å². The van der Waals surface area contributed by atoms with E-state index >= 15 is 0 Å². The van der Waals surface area contributed by atoms with Crippen molar-refractivity contribution in [3.05, 3.63) is 29.8 Å². The standard InChI is InChI=1S/C14H18N2O/c1-10-9-11-5-2-3-7-13(11)16(10)14(17)12-6-4-8-15-12/h2-3,5,7,10,12,15H,4,6,8-9H2,1H3/t10-,12+/m1/s1. The van der Waals surface area contributed by atoms with Gasteiger partial charge in [-0.05, 0) is 44.4 Å². The molecule has 0 radical (unpaired) electrons. The van der Waals surface area contributed by atoms with Gasteiger partial charge in [0, 0.05) is 11.7 Å². The lowest BCUT2D eigenvalue weighted by Crippen LogP contribution is -2.46. The zero-order valence-electron chi connectivity index (χ0n) is 10.1. The highest BCUT2D eigenvalue weighted by atomic mass is 16.2. The molecule has 2 atom stereocenters. The van der Waals surface area contributed by atoms with Crippen LogP contribution in [-0.4, -0.2) is 24.5 Å². The average Bonchev–Trinajstić information content (AvgIpc) is 2.94. The van der Waals surface area contributed by atoms with E-state index in [1.807, 2.05) is 17.0 Å². The first-order valence-corrected chi connectivity index (χ1v) is 6.42. The van der Waals surface area contributed by atoms with E-state index in [-0.39, 0.29) is 11.9 Å². The predicted molar refractivity (Wildman–Crippen MR) is 68.1 cm³/mol. The van der Waals surface area contributed by atoms with E-state index in [2.05, 4.69) is 24.4 Å². The first kappa shape index (κ1) is 10.8. The van der Waals surface area contributed by atoms with E-state index in [4.69, 9.17) is 0 Å². The van der Waals surface area contributed by atoms with Crippen molar-refractivity contribution in [2.45, 2.75) is 38.3 Å². The van der Waals surface area contributed by atoms with Crippen LogP contribution < -0.4 is 10.2 Å². The van der Waals surface area contributed by atoms with Crippen molar-refractivity contribution in [2.24, 2.45) is 0 Å². The molecule has 0 spiro atoms. The minimum Gasteiger partial charge on any atom is -0.308 e. The number of hydrogen-bond donors (Lipinski definition) is 1. The monoisotopic (exact) mass is 230 g/mol. The van der Waals surface area contributed by atoms with Crippen LogP contribution in [0.5, 0.6) is 0 Å². The van der Waals surface area contributed by atoms with E-state index < -0.39 is 0 Å². The predicted octanol–water partition coefficient (Wildman–Crippen LogP) is 1.72. The third-order valence-corrected chi connectivity index (χ3v) is 3.80. The van der Waals surface area contributed by atoms with E-state index in [0.29, 0.717) is 6.04 Å². The lowest BCUT2D eigenvalue weighted by molar-refractivity contribution is -0.120. The van der Waals surface area contributed by atoms with Crippen LogP contribution in [-0.2, 0) is 11.2 Å². The Bertz CT molecular complexity index is 438. The molecule has 17 heavy (non-hydrogen) atoms. The van der Waals surface area contributed by atoms with Crippen LogP contribution in [0, 0.1) is 0 Å². The molecule has 0 unspecified atom stereocenters. The molecular weight excluding hydrogens is 212 g/mol. The summed E-state index contributed by atoms with van der Waals surface area (Å²) in [5.41, 5.74) is 2.41. The molecule has 2 heterocycles. The molecule has 1 N–H and O–H groups in total. The Kier molecular flexibility index (Phi) is 2.63. The third-order valence-electron chi connectivity index (χ3n) is 3.80. The van der Waals surface area contributed by atoms with Gasteiger partial charge in [-0.1, -0.05) is 18.2 Å². The smallest absolute Gasteiger partial charge is 0.244 e. The van der Waals surface area contributed by atoms with Gasteiger partial charge in [0.2, 0.25) is 5.91 Å². The second-order valence-electron chi connectivity index (χ2n) is 5.04. The fraction of sp³-hybridized carbons (Fsp3) is 0.500. The molecule has 3 heteroatoms. The largest absolute Gasteiger partial charge is 0.308 e. The zero-order valence-corrected chi connectivity index (χ0v) is 10.1. The Morgan fingerprint density at radius 3 is 3.00 bits per heavy atom. The Hall–Kier alpha value is -1.35. The number of amides is 1. The number of benzene rings is 1. The number of nitrogens with one attached hydrogen (secondary N) is 1. The summed E-state index contributed by atoms with van der Waals surface area (Å²) >= 11 is 0. The van der Waals surface area contributed by atoms with Crippen molar-refractivity contribution in [2.75, 3.05) is 11.4 Å². The summed E-state index contributed by atoms with van der Waals surface area (Å²) in [6, 6.07) is 8.57. The fourth-order valence-corrected chi connectivity index (χ4v) is 2.96. The highest BCUT2D eigenvalue weighted by Crippen LogP contribution is 2.32. The number of fused-ring (bicyclic) bond motifs is 1. The Morgan fingerprint density at radius 1 is 1.41 bits per heavy atom. The highest BCUT2D eigenvalue weighted by Gasteiger charge is 2.35. The van der Waals surface area contributed by atoms with Gasteiger partial charge in [-0.2, -0.15) is 0 Å². The van der Waals surface area contributed by atoms with Crippen LogP contribution in [0.2, 0.25) is 0 Å². The maximum Gasteiger partial charge on any atom is 0.244 e. The Morgan fingerprint density at radius 2 is 2.24 bits per heavy atom. The molecule has 2 aliphatic heterocycles. The minimum atomic E-state index is 0.0311. The van der Waals surface area contributed by atoms with Gasteiger partial charge in [-0.15, -0.1) is 0 Å². The van der Waals surface area contributed by atoms with Crippen molar-refractivity contribution in [3.63, 3.8) is 0 Å². The van der Waals surface area contributed by atoms with Gasteiger partial charge >= 0.3 is 0 Å². The quantitative estimate of drug-likeness (QED) is 0.796. The van der Waals surface area contributed by atoms with Gasteiger partial charge in [0.05, 0.1) is 6.04 Å². The summed E-state index contributed by atoms with van der Waals surface area (Å²) in [5.74, 6) is 0.250. The van der Waals surface area contributed by atoms with Crippen molar-refractivity contribution >= 4 is 11.6 Å². The molecule has 0 aliphatic carbocycles. The minimum absolute atomic E-state index is 0.0311. The number of carbonyl (C=O) groups excluding carboxylic acids is 1. The Labute approximate surface area is 102 Å². The molecule has 1 aromatic rings. The topological polar surface area (TPSA) is 32.3 Å². The van der Waals surface area contributed by atoms with Gasteiger partial charge in [0.25, 0.3) is 0 Å². The van der Waals surface area contributed by atoms with Crippen molar-refractivity contribution in [1.82, 2.24) is 5.32 Å². The molecule has 1 fully saturated rings. The average molecular weight is 230 g/mol. The molecule has 1 aromatic carbocycles. The lowest BCUT2D eigenvalue weighted by atomic mass is 10.1.